The zero-order valence-corrected chi connectivity index (χ0v) is 10.7. The first-order valence-electron chi connectivity index (χ1n) is 6.45. The molecule has 2 aliphatic rings. The van der Waals surface area contributed by atoms with Crippen LogP contribution in [-0.2, 0) is 0 Å². The Kier molecular flexibility index (Phi) is 3.20. The van der Waals surface area contributed by atoms with Crippen molar-refractivity contribution >= 4 is 0 Å². The second-order valence-electron chi connectivity index (χ2n) is 5.86. The van der Waals surface area contributed by atoms with Gasteiger partial charge in [-0.05, 0) is 57.5 Å². The largest absolute Gasteiger partial charge is 0.306 e. The molecule has 0 saturated heterocycles. The molecule has 0 spiro atoms. The first-order valence-corrected chi connectivity index (χ1v) is 6.45. The first kappa shape index (κ1) is 11.2. The van der Waals surface area contributed by atoms with Crippen LogP contribution in [0.2, 0.25) is 0 Å². The van der Waals surface area contributed by atoms with Gasteiger partial charge in [0.2, 0.25) is 0 Å². The average molecular weight is 207 g/mol. The summed E-state index contributed by atoms with van der Waals surface area (Å²) in [5, 5.41) is 0. The van der Waals surface area contributed by atoms with Crippen molar-refractivity contribution in [3.63, 3.8) is 0 Å². The maximum Gasteiger partial charge on any atom is 0.0127 e. The minimum atomic E-state index is 0.799. The summed E-state index contributed by atoms with van der Waals surface area (Å²) in [5.41, 5.74) is 1.77. The van der Waals surface area contributed by atoms with Crippen LogP contribution in [0.15, 0.2) is 11.6 Å². The van der Waals surface area contributed by atoms with Gasteiger partial charge in [0.05, 0.1) is 0 Å². The first-order chi connectivity index (χ1) is 7.09. The van der Waals surface area contributed by atoms with E-state index in [9.17, 15) is 0 Å². The van der Waals surface area contributed by atoms with E-state index in [1.54, 1.807) is 5.57 Å². The van der Waals surface area contributed by atoms with Crippen molar-refractivity contribution in [1.82, 2.24) is 4.90 Å². The maximum atomic E-state index is 2.55. The molecule has 0 aromatic rings. The fraction of sp³-hybridized carbons (Fsp3) is 0.857. The number of rotatable bonds is 1. The molecule has 0 heterocycles. The number of fused-ring (bicyclic) bond motifs is 1. The lowest BCUT2D eigenvalue weighted by Gasteiger charge is -2.42. The molecule has 0 aromatic heterocycles. The van der Waals surface area contributed by atoms with E-state index in [0.29, 0.717) is 0 Å². The molecular formula is C14H25N. The Morgan fingerprint density at radius 1 is 1.20 bits per heavy atom. The van der Waals surface area contributed by atoms with Crippen LogP contribution in [-0.4, -0.2) is 25.0 Å². The summed E-state index contributed by atoms with van der Waals surface area (Å²) in [4.78, 5) is 2.40. The minimum Gasteiger partial charge on any atom is -0.306 e. The molecule has 2 rings (SSSR count). The Morgan fingerprint density at radius 2 is 1.93 bits per heavy atom. The maximum absolute atomic E-state index is 2.55. The highest BCUT2D eigenvalue weighted by Crippen LogP contribution is 2.43. The molecule has 0 aromatic carbocycles. The van der Waals surface area contributed by atoms with Crippen molar-refractivity contribution in [1.29, 1.82) is 0 Å². The van der Waals surface area contributed by atoms with Crippen molar-refractivity contribution in [3.8, 4) is 0 Å². The molecular weight excluding hydrogens is 182 g/mol. The van der Waals surface area contributed by atoms with Crippen molar-refractivity contribution < 1.29 is 0 Å². The third-order valence-corrected chi connectivity index (χ3v) is 4.77. The summed E-state index contributed by atoms with van der Waals surface area (Å²) in [7, 11) is 4.45. The van der Waals surface area contributed by atoms with E-state index < -0.39 is 0 Å². The zero-order chi connectivity index (χ0) is 11.0. The van der Waals surface area contributed by atoms with Gasteiger partial charge in [-0.15, -0.1) is 0 Å². The Hall–Kier alpha value is -0.300. The molecule has 0 bridgehead atoms. The van der Waals surface area contributed by atoms with E-state index in [1.807, 2.05) is 0 Å². The van der Waals surface area contributed by atoms with E-state index in [4.69, 9.17) is 0 Å². The highest BCUT2D eigenvalue weighted by Gasteiger charge is 2.34. The van der Waals surface area contributed by atoms with E-state index in [-0.39, 0.29) is 0 Å². The topological polar surface area (TPSA) is 3.24 Å². The normalized spacial score (nSPS) is 41.3. The second-order valence-corrected chi connectivity index (χ2v) is 5.86. The summed E-state index contributed by atoms with van der Waals surface area (Å²) in [5.74, 6) is 2.72. The van der Waals surface area contributed by atoms with Crippen LogP contribution in [0.4, 0.5) is 0 Å². The van der Waals surface area contributed by atoms with E-state index in [2.05, 4.69) is 38.9 Å². The summed E-state index contributed by atoms with van der Waals surface area (Å²) in [6.07, 6.45) is 8.00. The predicted octanol–water partition coefficient (Wildman–Crippen LogP) is 3.32. The number of hydrogen-bond acceptors (Lipinski definition) is 1. The smallest absolute Gasteiger partial charge is 0.0127 e. The highest BCUT2D eigenvalue weighted by atomic mass is 15.1. The lowest BCUT2D eigenvalue weighted by molar-refractivity contribution is 0.176. The van der Waals surface area contributed by atoms with E-state index in [1.165, 1.54) is 25.7 Å². The Morgan fingerprint density at radius 3 is 2.60 bits per heavy atom. The average Bonchev–Trinajstić information content (AvgIpc) is 2.23. The lowest BCUT2D eigenvalue weighted by atomic mass is 9.67. The van der Waals surface area contributed by atoms with Gasteiger partial charge >= 0.3 is 0 Å². The van der Waals surface area contributed by atoms with Gasteiger partial charge in [-0.1, -0.05) is 25.5 Å². The van der Waals surface area contributed by atoms with Crippen LogP contribution in [0.3, 0.4) is 0 Å². The van der Waals surface area contributed by atoms with Gasteiger partial charge in [-0.3, -0.25) is 0 Å². The molecule has 1 saturated carbocycles. The van der Waals surface area contributed by atoms with Gasteiger partial charge in [0, 0.05) is 6.04 Å². The van der Waals surface area contributed by atoms with Gasteiger partial charge in [0.1, 0.15) is 0 Å². The van der Waals surface area contributed by atoms with Crippen LogP contribution < -0.4 is 0 Å². The van der Waals surface area contributed by atoms with Gasteiger partial charge < -0.3 is 4.90 Å². The number of allylic oxidation sites excluding steroid dienone is 1. The van der Waals surface area contributed by atoms with Crippen molar-refractivity contribution in [3.05, 3.63) is 11.6 Å². The molecule has 1 heteroatoms. The Balaban J connectivity index is 2.09. The number of nitrogens with zero attached hydrogens (tertiary/aromatic N) is 1. The standard InChI is InChI=1S/C14H25N/c1-10-5-6-12-9-13(15(3)4)7-8-14(12)11(10)2/h6,10-11,13-14H,5,7-9H2,1-4H3. The van der Waals surface area contributed by atoms with Crippen LogP contribution >= 0.6 is 0 Å². The predicted molar refractivity (Wildman–Crippen MR) is 65.8 cm³/mol. The molecule has 1 nitrogen and oxygen atoms in total. The van der Waals surface area contributed by atoms with Crippen molar-refractivity contribution in [2.24, 2.45) is 17.8 Å². The quantitative estimate of drug-likeness (QED) is 0.596. The third-order valence-electron chi connectivity index (χ3n) is 4.77. The molecule has 4 unspecified atom stereocenters. The van der Waals surface area contributed by atoms with Crippen LogP contribution in [0, 0.1) is 17.8 Å². The van der Waals surface area contributed by atoms with Gasteiger partial charge in [0.25, 0.3) is 0 Å². The van der Waals surface area contributed by atoms with Crippen LogP contribution in [0.5, 0.6) is 0 Å². The number of hydrogen-bond donors (Lipinski definition) is 0. The fourth-order valence-electron chi connectivity index (χ4n) is 3.31. The third kappa shape index (κ3) is 2.13. The molecule has 0 amide bonds. The molecule has 86 valence electrons. The van der Waals surface area contributed by atoms with Gasteiger partial charge in [0.15, 0.2) is 0 Å². The molecule has 1 fully saturated rings. The molecule has 15 heavy (non-hydrogen) atoms. The highest BCUT2D eigenvalue weighted by molar-refractivity contribution is 5.16. The van der Waals surface area contributed by atoms with Crippen LogP contribution in [0.1, 0.15) is 39.5 Å². The molecule has 0 radical (unpaired) electrons. The zero-order valence-electron chi connectivity index (χ0n) is 10.7. The second kappa shape index (κ2) is 4.29. The molecule has 2 aliphatic carbocycles. The van der Waals surface area contributed by atoms with Gasteiger partial charge in [-0.25, -0.2) is 0 Å². The van der Waals surface area contributed by atoms with Gasteiger partial charge in [-0.2, -0.15) is 0 Å². The molecule has 4 atom stereocenters. The SMILES string of the molecule is CC1CC=C2CC(N(C)C)CCC2C1C. The monoisotopic (exact) mass is 207 g/mol. The summed E-state index contributed by atoms with van der Waals surface area (Å²) in [6.45, 7) is 4.87. The molecule has 0 aliphatic heterocycles. The fourth-order valence-corrected chi connectivity index (χ4v) is 3.31. The van der Waals surface area contributed by atoms with E-state index >= 15 is 0 Å². The van der Waals surface area contributed by atoms with Crippen molar-refractivity contribution in [2.75, 3.05) is 14.1 Å². The summed E-state index contributed by atoms with van der Waals surface area (Å²) in [6, 6.07) is 0.799. The Labute approximate surface area is 94.5 Å². The summed E-state index contributed by atoms with van der Waals surface area (Å²) >= 11 is 0. The van der Waals surface area contributed by atoms with Crippen LogP contribution in [0.25, 0.3) is 0 Å². The van der Waals surface area contributed by atoms with E-state index in [0.717, 1.165) is 23.8 Å². The lowest BCUT2D eigenvalue weighted by Crippen LogP contribution is -2.37. The summed E-state index contributed by atoms with van der Waals surface area (Å²) < 4.78 is 0. The minimum absolute atomic E-state index is 0.799. The Bertz CT molecular complexity index is 254. The molecule has 0 N–H and O–H groups in total. The van der Waals surface area contributed by atoms with Crippen molar-refractivity contribution in [2.45, 2.75) is 45.6 Å².